The number of ether oxygens (including phenoxy) is 1. The minimum atomic E-state index is -4.72. The molecule has 1 saturated heterocycles. The van der Waals surface area contributed by atoms with Crippen molar-refractivity contribution in [1.82, 2.24) is 24.6 Å². The zero-order chi connectivity index (χ0) is 27.4. The minimum Gasteiger partial charge on any atom is -0.444 e. The number of aromatic nitrogens is 4. The molecule has 9 nitrogen and oxygen atoms in total. The van der Waals surface area contributed by atoms with Crippen molar-refractivity contribution in [2.75, 3.05) is 18.4 Å². The average molecular weight is 535 g/mol. The molecule has 0 spiro atoms. The number of likely N-dealkylation sites (tertiary alicyclic amines) is 1. The Labute approximate surface area is 215 Å². The van der Waals surface area contributed by atoms with E-state index in [1.165, 1.54) is 18.2 Å². The van der Waals surface area contributed by atoms with Crippen LogP contribution < -0.4 is 5.32 Å². The number of amides is 2. The van der Waals surface area contributed by atoms with Crippen molar-refractivity contribution in [1.29, 1.82) is 0 Å². The van der Waals surface area contributed by atoms with Gasteiger partial charge in [-0.1, -0.05) is 0 Å². The summed E-state index contributed by atoms with van der Waals surface area (Å²) >= 11 is 0. The Kier molecular flexibility index (Phi) is 6.27. The van der Waals surface area contributed by atoms with Gasteiger partial charge in [-0.15, -0.1) is 0 Å². The summed E-state index contributed by atoms with van der Waals surface area (Å²) in [5.74, 6) is -3.65. The maximum atomic E-state index is 14.3. The minimum absolute atomic E-state index is 0.0705. The number of piperidine rings is 1. The Morgan fingerprint density at radius 1 is 1.11 bits per heavy atom. The van der Waals surface area contributed by atoms with E-state index in [2.05, 4.69) is 20.4 Å². The summed E-state index contributed by atoms with van der Waals surface area (Å²) in [6.07, 6.45) is -3.91. The molecule has 1 N–H and O–H groups in total. The Bertz CT molecular complexity index is 1410. The van der Waals surface area contributed by atoms with Crippen molar-refractivity contribution in [3.05, 3.63) is 35.9 Å². The zero-order valence-electron chi connectivity index (χ0n) is 21.0. The third kappa shape index (κ3) is 4.88. The van der Waals surface area contributed by atoms with Crippen LogP contribution in [0.1, 0.15) is 57.6 Å². The summed E-state index contributed by atoms with van der Waals surface area (Å²) in [6, 6.07) is 3.70. The van der Waals surface area contributed by atoms with Crippen molar-refractivity contribution >= 4 is 28.7 Å². The second kappa shape index (κ2) is 9.21. The molecular weight excluding hydrogens is 508 g/mol. The van der Waals surface area contributed by atoms with Crippen molar-refractivity contribution in [2.45, 2.75) is 63.8 Å². The molecule has 2 aliphatic heterocycles. The van der Waals surface area contributed by atoms with Crippen LogP contribution >= 0.6 is 0 Å². The van der Waals surface area contributed by atoms with Gasteiger partial charge in [0.1, 0.15) is 35.0 Å². The van der Waals surface area contributed by atoms with Crippen LogP contribution in [0.15, 0.2) is 24.5 Å². The summed E-state index contributed by atoms with van der Waals surface area (Å²) in [4.78, 5) is 34.1. The lowest BCUT2D eigenvalue weighted by Gasteiger charge is -2.33. The van der Waals surface area contributed by atoms with Crippen LogP contribution in [0.25, 0.3) is 22.3 Å². The van der Waals surface area contributed by atoms with Crippen molar-refractivity contribution in [2.24, 2.45) is 0 Å². The quantitative estimate of drug-likeness (QED) is 0.454. The van der Waals surface area contributed by atoms with Gasteiger partial charge in [0.15, 0.2) is 0 Å². The molecule has 202 valence electrons. The maximum Gasteiger partial charge on any atom is 0.410 e. The van der Waals surface area contributed by atoms with Gasteiger partial charge in [0.2, 0.25) is 5.91 Å². The summed E-state index contributed by atoms with van der Waals surface area (Å²) in [6.45, 7) is 6.09. The molecule has 5 rings (SSSR count). The third-order valence-corrected chi connectivity index (χ3v) is 6.63. The number of anilines is 1. The number of halogens is 4. The molecule has 1 aromatic carbocycles. The topological polar surface area (TPSA) is 102 Å². The highest BCUT2D eigenvalue weighted by Crippen LogP contribution is 2.47. The number of fused-ring (bicyclic) bond motifs is 2. The van der Waals surface area contributed by atoms with Crippen molar-refractivity contribution in [3.63, 3.8) is 0 Å². The van der Waals surface area contributed by atoms with Gasteiger partial charge in [-0.05, 0) is 51.8 Å². The third-order valence-electron chi connectivity index (χ3n) is 6.63. The van der Waals surface area contributed by atoms with E-state index in [4.69, 9.17) is 4.74 Å². The van der Waals surface area contributed by atoms with E-state index >= 15 is 0 Å². The molecule has 2 amide bonds. The standard InChI is InChI=1S/C25H26F4N6O3/c1-24(2,3)38-23(37)34-8-6-14(7-9-34)35-17-10-13(26)4-5-15(17)20(33-35)21-19-16(25(27,28)29)11-18(36)32-22(19)31-12-30-21/h4-5,10,12,14,16H,6-9,11H2,1-3H3,(H,30,31,32,36)/t16-/m1/s1. The van der Waals surface area contributed by atoms with E-state index in [0.29, 0.717) is 36.8 Å². The number of benzene rings is 1. The molecule has 0 unspecified atom stereocenters. The van der Waals surface area contributed by atoms with Gasteiger partial charge in [0, 0.05) is 30.5 Å². The first-order chi connectivity index (χ1) is 17.8. The maximum absolute atomic E-state index is 14.3. The van der Waals surface area contributed by atoms with E-state index < -0.39 is 41.9 Å². The number of carbonyl (C=O) groups excluding carboxylic acids is 2. The Morgan fingerprint density at radius 3 is 2.47 bits per heavy atom. The Morgan fingerprint density at radius 2 is 1.82 bits per heavy atom. The van der Waals surface area contributed by atoms with Crippen LogP contribution in [0.2, 0.25) is 0 Å². The van der Waals surface area contributed by atoms with Gasteiger partial charge in [0.05, 0.1) is 17.5 Å². The number of nitrogens with zero attached hydrogens (tertiary/aromatic N) is 5. The van der Waals surface area contributed by atoms with Gasteiger partial charge < -0.3 is 15.0 Å². The van der Waals surface area contributed by atoms with E-state index in [1.807, 2.05) is 0 Å². The Balaban J connectivity index is 1.55. The Hall–Kier alpha value is -3.77. The largest absolute Gasteiger partial charge is 0.444 e. The number of carbonyl (C=O) groups is 2. The number of hydrogen-bond donors (Lipinski definition) is 1. The second-order valence-electron chi connectivity index (χ2n) is 10.5. The molecule has 0 saturated carbocycles. The first-order valence-electron chi connectivity index (χ1n) is 12.2. The van der Waals surface area contributed by atoms with Gasteiger partial charge in [-0.25, -0.2) is 19.2 Å². The zero-order valence-corrected chi connectivity index (χ0v) is 21.0. The monoisotopic (exact) mass is 534 g/mol. The lowest BCUT2D eigenvalue weighted by molar-refractivity contribution is -0.156. The van der Waals surface area contributed by atoms with Gasteiger partial charge >= 0.3 is 12.3 Å². The molecule has 0 aliphatic carbocycles. The van der Waals surface area contributed by atoms with E-state index in [1.54, 1.807) is 30.4 Å². The van der Waals surface area contributed by atoms with Crippen LogP contribution in [0.3, 0.4) is 0 Å². The van der Waals surface area contributed by atoms with Crippen molar-refractivity contribution in [3.8, 4) is 11.4 Å². The molecule has 2 aliphatic rings. The highest BCUT2D eigenvalue weighted by molar-refractivity contribution is 5.98. The smallest absolute Gasteiger partial charge is 0.410 e. The molecule has 0 radical (unpaired) electrons. The molecule has 2 aromatic heterocycles. The SMILES string of the molecule is CC(C)(C)OC(=O)N1CCC(n2nc(-c3ncnc4c3[C@H](C(F)(F)F)CC(=O)N4)c3ccc(F)cc32)CC1. The first kappa shape index (κ1) is 25.9. The molecule has 4 heterocycles. The first-order valence-corrected chi connectivity index (χ1v) is 12.2. The lowest BCUT2D eigenvalue weighted by atomic mass is 9.89. The predicted molar refractivity (Wildman–Crippen MR) is 129 cm³/mol. The van der Waals surface area contributed by atoms with Crippen LogP contribution in [0, 0.1) is 5.82 Å². The number of nitrogens with one attached hydrogen (secondary N) is 1. The number of alkyl halides is 3. The molecule has 1 fully saturated rings. The fourth-order valence-electron chi connectivity index (χ4n) is 4.95. The van der Waals surface area contributed by atoms with Crippen LogP contribution in [0.4, 0.5) is 28.2 Å². The van der Waals surface area contributed by atoms with E-state index in [9.17, 15) is 27.2 Å². The fourth-order valence-corrected chi connectivity index (χ4v) is 4.95. The number of hydrogen-bond acceptors (Lipinski definition) is 6. The highest BCUT2D eigenvalue weighted by atomic mass is 19.4. The summed E-state index contributed by atoms with van der Waals surface area (Å²) in [7, 11) is 0. The summed E-state index contributed by atoms with van der Waals surface area (Å²) in [5, 5.41) is 7.46. The molecule has 38 heavy (non-hydrogen) atoms. The molecule has 1 atom stereocenters. The summed E-state index contributed by atoms with van der Waals surface area (Å²) < 4.78 is 63.4. The molecule has 0 bridgehead atoms. The van der Waals surface area contributed by atoms with Crippen LogP contribution in [0.5, 0.6) is 0 Å². The number of rotatable bonds is 2. The predicted octanol–water partition coefficient (Wildman–Crippen LogP) is 5.19. The second-order valence-corrected chi connectivity index (χ2v) is 10.5. The molecular formula is C25H26F4N6O3. The molecule has 13 heteroatoms. The van der Waals surface area contributed by atoms with Gasteiger partial charge in [-0.2, -0.15) is 18.3 Å². The van der Waals surface area contributed by atoms with Crippen LogP contribution in [-0.4, -0.2) is 61.5 Å². The normalized spacial score (nSPS) is 18.9. The lowest BCUT2D eigenvalue weighted by Crippen LogP contribution is -2.42. The van der Waals surface area contributed by atoms with Crippen molar-refractivity contribution < 1.29 is 31.9 Å². The fraction of sp³-hybridized carbons (Fsp3) is 0.480. The summed E-state index contributed by atoms with van der Waals surface area (Å²) in [5.41, 5.74) is -0.442. The van der Waals surface area contributed by atoms with E-state index in [0.717, 1.165) is 6.33 Å². The van der Waals surface area contributed by atoms with E-state index in [-0.39, 0.29) is 28.8 Å². The van der Waals surface area contributed by atoms with Gasteiger partial charge in [-0.3, -0.25) is 9.48 Å². The highest BCUT2D eigenvalue weighted by Gasteiger charge is 2.48. The molecule has 3 aromatic rings. The van der Waals surface area contributed by atoms with Crippen LogP contribution in [-0.2, 0) is 9.53 Å². The van der Waals surface area contributed by atoms with Gasteiger partial charge in [0.25, 0.3) is 0 Å². The average Bonchev–Trinajstić information content (AvgIpc) is 3.20.